The highest BCUT2D eigenvalue weighted by atomic mass is 16.2. The summed E-state index contributed by atoms with van der Waals surface area (Å²) < 4.78 is 2.11. The van der Waals surface area contributed by atoms with Crippen molar-refractivity contribution in [1.82, 2.24) is 19.8 Å². The third-order valence-electron chi connectivity index (χ3n) is 4.97. The second-order valence-corrected chi connectivity index (χ2v) is 6.69. The molecule has 0 saturated carbocycles. The molecule has 0 aliphatic carbocycles. The van der Waals surface area contributed by atoms with Crippen molar-refractivity contribution < 1.29 is 9.59 Å². The van der Waals surface area contributed by atoms with Crippen LogP contribution in [0.2, 0.25) is 0 Å². The Bertz CT molecular complexity index is 768. The molecule has 6 nitrogen and oxygen atoms in total. The zero-order valence-corrected chi connectivity index (χ0v) is 15.0. The number of hydrogen-bond donors (Lipinski definition) is 1. The zero-order chi connectivity index (χ0) is 17.8. The lowest BCUT2D eigenvalue weighted by Gasteiger charge is -2.33. The van der Waals surface area contributed by atoms with E-state index in [0.29, 0.717) is 13.1 Å². The van der Waals surface area contributed by atoms with Crippen LogP contribution in [0.25, 0.3) is 11.0 Å². The first-order valence-electron chi connectivity index (χ1n) is 9.03. The van der Waals surface area contributed by atoms with Crippen molar-refractivity contribution in [3.05, 3.63) is 30.1 Å². The molecule has 0 unspecified atom stereocenters. The van der Waals surface area contributed by atoms with E-state index >= 15 is 0 Å². The molecular formula is C19H26N4O2. The number of nitrogens with one attached hydrogen (secondary N) is 1. The van der Waals surface area contributed by atoms with Gasteiger partial charge in [0.25, 0.3) is 0 Å². The van der Waals surface area contributed by atoms with Crippen LogP contribution in [0.5, 0.6) is 0 Å². The van der Waals surface area contributed by atoms with Crippen LogP contribution >= 0.6 is 0 Å². The summed E-state index contributed by atoms with van der Waals surface area (Å²) in [7, 11) is 2.02. The Hall–Kier alpha value is -2.37. The number of nitrogens with zero attached hydrogens (tertiary/aromatic N) is 3. The van der Waals surface area contributed by atoms with Crippen LogP contribution in [0.1, 0.15) is 38.4 Å². The molecule has 1 atom stereocenters. The van der Waals surface area contributed by atoms with Gasteiger partial charge in [-0.05, 0) is 37.8 Å². The minimum absolute atomic E-state index is 0.0143. The van der Waals surface area contributed by atoms with Crippen molar-refractivity contribution in [2.75, 3.05) is 13.1 Å². The third kappa shape index (κ3) is 3.83. The highest BCUT2D eigenvalue weighted by Gasteiger charge is 2.29. The van der Waals surface area contributed by atoms with Gasteiger partial charge in [-0.3, -0.25) is 9.59 Å². The molecular weight excluding hydrogens is 316 g/mol. The molecule has 2 amide bonds. The number of piperidine rings is 1. The molecule has 2 heterocycles. The Morgan fingerprint density at radius 2 is 2.08 bits per heavy atom. The summed E-state index contributed by atoms with van der Waals surface area (Å²) >= 11 is 0. The van der Waals surface area contributed by atoms with Crippen LogP contribution in [0.3, 0.4) is 0 Å². The van der Waals surface area contributed by atoms with Gasteiger partial charge in [-0.15, -0.1) is 0 Å². The van der Waals surface area contributed by atoms with Gasteiger partial charge >= 0.3 is 0 Å². The highest BCUT2D eigenvalue weighted by Crippen LogP contribution is 2.17. The minimum atomic E-state index is -0.304. The van der Waals surface area contributed by atoms with Gasteiger partial charge in [-0.25, -0.2) is 4.98 Å². The van der Waals surface area contributed by atoms with Crippen molar-refractivity contribution in [2.45, 2.75) is 45.1 Å². The molecule has 6 heteroatoms. The van der Waals surface area contributed by atoms with E-state index in [1.54, 1.807) is 4.90 Å². The first-order valence-corrected chi connectivity index (χ1v) is 9.03. The molecule has 0 bridgehead atoms. The van der Waals surface area contributed by atoms with Gasteiger partial charge in [0.15, 0.2) is 0 Å². The molecule has 1 aliphatic rings. The maximum Gasteiger partial charge on any atom is 0.242 e. The fourth-order valence-electron chi connectivity index (χ4n) is 3.58. The molecule has 0 radical (unpaired) electrons. The van der Waals surface area contributed by atoms with Crippen molar-refractivity contribution in [3.8, 4) is 0 Å². The smallest absolute Gasteiger partial charge is 0.242 e. The van der Waals surface area contributed by atoms with E-state index in [-0.39, 0.29) is 17.9 Å². The normalized spacial score (nSPS) is 17.7. The molecule has 0 spiro atoms. The standard InChI is InChI=1S/C19H26N4O2/c1-14(24)23-13-6-5-10-17(23)19(25)20-12-7-11-18-21-15-8-3-4-9-16(15)22(18)2/h3-4,8-9,17H,5-7,10-13H2,1-2H3,(H,20,25)/t17-/m0/s1. The van der Waals surface area contributed by atoms with E-state index in [0.717, 1.165) is 49.0 Å². The van der Waals surface area contributed by atoms with Gasteiger partial charge in [-0.2, -0.15) is 0 Å². The van der Waals surface area contributed by atoms with Crippen LogP contribution in [-0.4, -0.2) is 45.4 Å². The lowest BCUT2D eigenvalue weighted by molar-refractivity contribution is -0.140. The lowest BCUT2D eigenvalue weighted by Crippen LogP contribution is -2.51. The zero-order valence-electron chi connectivity index (χ0n) is 15.0. The Morgan fingerprint density at radius 1 is 1.28 bits per heavy atom. The van der Waals surface area contributed by atoms with Crippen molar-refractivity contribution in [3.63, 3.8) is 0 Å². The maximum atomic E-state index is 12.4. The van der Waals surface area contributed by atoms with Gasteiger partial charge in [0.1, 0.15) is 11.9 Å². The van der Waals surface area contributed by atoms with E-state index in [2.05, 4.69) is 20.9 Å². The number of aryl methyl sites for hydroxylation is 2. The van der Waals surface area contributed by atoms with E-state index in [1.165, 1.54) is 6.92 Å². The summed E-state index contributed by atoms with van der Waals surface area (Å²) in [4.78, 5) is 30.4. The van der Waals surface area contributed by atoms with E-state index in [1.807, 2.05) is 25.2 Å². The predicted molar refractivity (Wildman–Crippen MR) is 97.1 cm³/mol. The molecule has 1 N–H and O–H groups in total. The summed E-state index contributed by atoms with van der Waals surface area (Å²) in [5.41, 5.74) is 2.13. The second kappa shape index (κ2) is 7.68. The van der Waals surface area contributed by atoms with Crippen LogP contribution in [0, 0.1) is 0 Å². The fraction of sp³-hybridized carbons (Fsp3) is 0.526. The molecule has 1 fully saturated rings. The Morgan fingerprint density at radius 3 is 2.84 bits per heavy atom. The number of carbonyl (C=O) groups is 2. The van der Waals surface area contributed by atoms with Crippen molar-refractivity contribution in [2.24, 2.45) is 7.05 Å². The quantitative estimate of drug-likeness (QED) is 0.846. The van der Waals surface area contributed by atoms with Crippen LogP contribution < -0.4 is 5.32 Å². The van der Waals surface area contributed by atoms with Crippen LogP contribution in [0.15, 0.2) is 24.3 Å². The maximum absolute atomic E-state index is 12.4. The lowest BCUT2D eigenvalue weighted by atomic mass is 10.0. The second-order valence-electron chi connectivity index (χ2n) is 6.69. The number of imidazole rings is 1. The van der Waals surface area contributed by atoms with Gasteiger partial charge in [0, 0.05) is 33.5 Å². The molecule has 1 aliphatic heterocycles. The summed E-state index contributed by atoms with van der Waals surface area (Å²) in [6.07, 6.45) is 4.39. The number of carbonyl (C=O) groups excluding carboxylic acids is 2. The number of fused-ring (bicyclic) bond motifs is 1. The number of benzene rings is 1. The number of para-hydroxylation sites is 2. The Kier molecular flexibility index (Phi) is 5.36. The van der Waals surface area contributed by atoms with E-state index in [4.69, 9.17) is 0 Å². The number of amides is 2. The largest absolute Gasteiger partial charge is 0.354 e. The van der Waals surface area contributed by atoms with E-state index < -0.39 is 0 Å². The van der Waals surface area contributed by atoms with Gasteiger partial charge in [-0.1, -0.05) is 12.1 Å². The van der Waals surface area contributed by atoms with Crippen LogP contribution in [0.4, 0.5) is 0 Å². The molecule has 25 heavy (non-hydrogen) atoms. The minimum Gasteiger partial charge on any atom is -0.354 e. The molecule has 1 aromatic carbocycles. The summed E-state index contributed by atoms with van der Waals surface area (Å²) in [5.74, 6) is 0.984. The van der Waals surface area contributed by atoms with Crippen LogP contribution in [-0.2, 0) is 23.1 Å². The first-order chi connectivity index (χ1) is 12.1. The summed E-state index contributed by atoms with van der Waals surface area (Å²) in [6, 6.07) is 7.78. The predicted octanol–water partition coefficient (Wildman–Crippen LogP) is 2.02. The summed E-state index contributed by atoms with van der Waals surface area (Å²) in [6.45, 7) is 2.83. The number of rotatable bonds is 5. The third-order valence-corrected chi connectivity index (χ3v) is 4.97. The molecule has 2 aromatic rings. The molecule has 3 rings (SSSR count). The first kappa shape index (κ1) is 17.5. The Labute approximate surface area is 148 Å². The summed E-state index contributed by atoms with van der Waals surface area (Å²) in [5, 5.41) is 2.99. The van der Waals surface area contributed by atoms with Crippen molar-refractivity contribution >= 4 is 22.8 Å². The highest BCUT2D eigenvalue weighted by molar-refractivity contribution is 5.87. The average molecular weight is 342 g/mol. The number of aromatic nitrogens is 2. The van der Waals surface area contributed by atoms with Gasteiger partial charge in [0.2, 0.25) is 11.8 Å². The molecule has 1 saturated heterocycles. The van der Waals surface area contributed by atoms with Crippen molar-refractivity contribution in [1.29, 1.82) is 0 Å². The number of hydrogen-bond acceptors (Lipinski definition) is 3. The Balaban J connectivity index is 1.51. The monoisotopic (exact) mass is 342 g/mol. The average Bonchev–Trinajstić information content (AvgIpc) is 2.95. The topological polar surface area (TPSA) is 67.2 Å². The van der Waals surface area contributed by atoms with Gasteiger partial charge in [0.05, 0.1) is 11.0 Å². The molecule has 134 valence electrons. The van der Waals surface area contributed by atoms with E-state index in [9.17, 15) is 9.59 Å². The van der Waals surface area contributed by atoms with Gasteiger partial charge < -0.3 is 14.8 Å². The number of likely N-dealkylation sites (tertiary alicyclic amines) is 1. The SMILES string of the molecule is CC(=O)N1CCCC[C@H]1C(=O)NCCCc1nc2ccccc2n1C. The molecule has 1 aromatic heterocycles. The fourth-order valence-corrected chi connectivity index (χ4v) is 3.58.